The van der Waals surface area contributed by atoms with Gasteiger partial charge in [-0.1, -0.05) is 18.2 Å². The molecule has 0 saturated heterocycles. The number of carbonyl (C=O) groups is 1. The zero-order valence-electron chi connectivity index (χ0n) is 18.5. The van der Waals surface area contributed by atoms with Crippen molar-refractivity contribution in [3.8, 4) is 0 Å². The highest BCUT2D eigenvalue weighted by Gasteiger charge is 2.31. The summed E-state index contributed by atoms with van der Waals surface area (Å²) in [4.78, 5) is 15.3. The number of nitrogens with zero attached hydrogens (tertiary/aromatic N) is 2. The summed E-state index contributed by atoms with van der Waals surface area (Å²) >= 11 is 1.56. The van der Waals surface area contributed by atoms with Gasteiger partial charge in [0.2, 0.25) is 10.0 Å². The third kappa shape index (κ3) is 5.57. The molecule has 0 atom stereocenters. The molecule has 0 unspecified atom stereocenters. The van der Waals surface area contributed by atoms with Gasteiger partial charge >= 0.3 is 12.1 Å². The van der Waals surface area contributed by atoms with Crippen LogP contribution in [0.4, 0.5) is 13.2 Å². The van der Waals surface area contributed by atoms with Gasteiger partial charge in [0.05, 0.1) is 32.1 Å². The summed E-state index contributed by atoms with van der Waals surface area (Å²) in [5, 5.41) is 9.97. The van der Waals surface area contributed by atoms with E-state index in [1.165, 1.54) is 12.1 Å². The SMILES string of the molecule is Cc1nc2cc(C=CCS(=O)(=O)n3c(CCCC(=O)O)cc4cc(C(F)(F)F)ccc43)ccc2s1. The highest BCUT2D eigenvalue weighted by Crippen LogP contribution is 2.33. The molecule has 0 bridgehead atoms. The molecule has 184 valence electrons. The van der Waals surface area contributed by atoms with Crippen molar-refractivity contribution in [2.24, 2.45) is 0 Å². The molecule has 4 rings (SSSR count). The number of carboxylic acids is 1. The van der Waals surface area contributed by atoms with Crippen molar-refractivity contribution in [2.45, 2.75) is 32.4 Å². The van der Waals surface area contributed by atoms with E-state index in [1.54, 1.807) is 17.4 Å². The second kappa shape index (κ2) is 9.46. The Kier molecular flexibility index (Phi) is 6.74. The van der Waals surface area contributed by atoms with Crippen molar-refractivity contribution in [3.05, 3.63) is 70.4 Å². The lowest BCUT2D eigenvalue weighted by molar-refractivity contribution is -0.138. The largest absolute Gasteiger partial charge is 0.481 e. The number of alkyl halides is 3. The summed E-state index contributed by atoms with van der Waals surface area (Å²) in [6.07, 6.45) is -1.39. The first-order chi connectivity index (χ1) is 16.4. The number of rotatable bonds is 8. The van der Waals surface area contributed by atoms with Gasteiger partial charge in [-0.05, 0) is 61.7 Å². The van der Waals surface area contributed by atoms with Gasteiger partial charge < -0.3 is 5.11 Å². The van der Waals surface area contributed by atoms with Crippen LogP contribution in [0.3, 0.4) is 0 Å². The Labute approximate surface area is 203 Å². The molecule has 11 heteroatoms. The molecule has 6 nitrogen and oxygen atoms in total. The van der Waals surface area contributed by atoms with Crippen molar-refractivity contribution < 1.29 is 31.5 Å². The van der Waals surface area contributed by atoms with E-state index in [9.17, 15) is 26.4 Å². The number of aryl methyl sites for hydroxylation is 2. The summed E-state index contributed by atoms with van der Waals surface area (Å²) in [6, 6.07) is 9.88. The Balaban J connectivity index is 1.67. The normalized spacial score (nSPS) is 12.8. The fourth-order valence-electron chi connectivity index (χ4n) is 3.89. The van der Waals surface area contributed by atoms with Crippen LogP contribution in [0.1, 0.15) is 34.7 Å². The molecule has 0 aliphatic heterocycles. The Morgan fingerprint density at radius 2 is 1.94 bits per heavy atom. The van der Waals surface area contributed by atoms with Gasteiger partial charge in [-0.3, -0.25) is 4.79 Å². The van der Waals surface area contributed by atoms with Gasteiger partial charge in [0.1, 0.15) is 0 Å². The minimum Gasteiger partial charge on any atom is -0.481 e. The summed E-state index contributed by atoms with van der Waals surface area (Å²) in [6.45, 7) is 1.90. The van der Waals surface area contributed by atoms with Crippen LogP contribution in [0.2, 0.25) is 0 Å². The van der Waals surface area contributed by atoms with E-state index in [4.69, 9.17) is 5.11 Å². The Hall–Kier alpha value is -3.18. The molecule has 2 heterocycles. The molecule has 2 aromatic carbocycles. The van der Waals surface area contributed by atoms with E-state index in [0.717, 1.165) is 43.0 Å². The molecule has 0 saturated carbocycles. The first kappa shape index (κ1) is 24.9. The third-order valence-electron chi connectivity index (χ3n) is 5.39. The number of aromatic nitrogens is 2. The molecule has 2 aromatic heterocycles. The van der Waals surface area contributed by atoms with Crippen LogP contribution >= 0.6 is 11.3 Å². The molecule has 0 radical (unpaired) electrons. The maximum Gasteiger partial charge on any atom is 0.416 e. The number of aliphatic carboxylic acids is 1. The van der Waals surface area contributed by atoms with Crippen LogP contribution in [-0.2, 0) is 27.4 Å². The minimum atomic E-state index is -4.57. The zero-order chi connectivity index (χ0) is 25.4. The topological polar surface area (TPSA) is 89.3 Å². The van der Waals surface area contributed by atoms with Crippen LogP contribution in [0.5, 0.6) is 0 Å². The lowest BCUT2D eigenvalue weighted by Crippen LogP contribution is -2.18. The predicted molar refractivity (Wildman–Crippen MR) is 130 cm³/mol. The molecule has 1 N–H and O–H groups in total. The smallest absolute Gasteiger partial charge is 0.416 e. The van der Waals surface area contributed by atoms with Crippen LogP contribution in [0.15, 0.2) is 48.5 Å². The average molecular weight is 523 g/mol. The number of fused-ring (bicyclic) bond motifs is 2. The number of hydrogen-bond donors (Lipinski definition) is 1. The number of carboxylic acid groups (broad SMARTS) is 1. The maximum atomic E-state index is 13.3. The summed E-state index contributed by atoms with van der Waals surface area (Å²) in [5.74, 6) is -1.43. The van der Waals surface area contributed by atoms with E-state index in [1.807, 2.05) is 25.1 Å². The molecular weight excluding hydrogens is 501 g/mol. The lowest BCUT2D eigenvalue weighted by atomic mass is 10.1. The number of hydrogen-bond acceptors (Lipinski definition) is 5. The fourth-order valence-corrected chi connectivity index (χ4v) is 6.15. The molecule has 0 amide bonds. The van der Waals surface area contributed by atoms with Gasteiger partial charge in [-0.25, -0.2) is 17.4 Å². The molecule has 0 aliphatic carbocycles. The number of benzene rings is 2. The average Bonchev–Trinajstić information content (AvgIpc) is 3.31. The monoisotopic (exact) mass is 522 g/mol. The van der Waals surface area contributed by atoms with E-state index in [-0.39, 0.29) is 35.9 Å². The Bertz CT molecular complexity index is 1550. The highest BCUT2D eigenvalue weighted by atomic mass is 32.2. The fraction of sp³-hybridized carbons (Fsp3) is 0.250. The molecule has 0 aliphatic rings. The van der Waals surface area contributed by atoms with Crippen LogP contribution in [-0.4, -0.2) is 34.2 Å². The lowest BCUT2D eigenvalue weighted by Gasteiger charge is -2.11. The van der Waals surface area contributed by atoms with E-state index < -0.39 is 33.5 Å². The second-order valence-corrected chi connectivity index (χ2v) is 11.2. The standard InChI is InChI=1S/C24H21F3N2O4S2/c1-15-28-20-12-16(7-10-22(20)34-15)4-3-11-35(32,33)29-19(5-2-6-23(30)31)14-17-13-18(24(25,26)27)8-9-21(17)29/h3-4,7-10,12-14H,2,5-6,11H2,1H3,(H,30,31). The third-order valence-corrected chi connectivity index (χ3v) is 7.95. The van der Waals surface area contributed by atoms with Gasteiger partial charge in [-0.15, -0.1) is 11.3 Å². The van der Waals surface area contributed by atoms with E-state index >= 15 is 0 Å². The minimum absolute atomic E-state index is 0.0884. The van der Waals surface area contributed by atoms with Crippen LogP contribution in [0, 0.1) is 6.92 Å². The summed E-state index contributed by atoms with van der Waals surface area (Å²) in [5.41, 5.74) is 1.07. The van der Waals surface area contributed by atoms with Gasteiger partial charge in [-0.2, -0.15) is 13.2 Å². The molecular formula is C24H21F3N2O4S2. The maximum absolute atomic E-state index is 13.3. The zero-order valence-corrected chi connectivity index (χ0v) is 20.2. The van der Waals surface area contributed by atoms with Crippen molar-refractivity contribution in [2.75, 3.05) is 5.75 Å². The molecule has 35 heavy (non-hydrogen) atoms. The van der Waals surface area contributed by atoms with E-state index in [0.29, 0.717) is 0 Å². The van der Waals surface area contributed by atoms with Crippen LogP contribution in [0.25, 0.3) is 27.2 Å². The molecule has 4 aromatic rings. The molecule has 0 fully saturated rings. The quantitative estimate of drug-likeness (QED) is 0.312. The van der Waals surface area contributed by atoms with Gasteiger partial charge in [0.15, 0.2) is 0 Å². The Morgan fingerprint density at radius 3 is 2.66 bits per heavy atom. The summed E-state index contributed by atoms with van der Waals surface area (Å²) < 4.78 is 68.1. The number of halogens is 3. The van der Waals surface area contributed by atoms with E-state index in [2.05, 4.69) is 4.98 Å². The van der Waals surface area contributed by atoms with Crippen molar-refractivity contribution in [1.29, 1.82) is 0 Å². The van der Waals surface area contributed by atoms with Gasteiger partial charge in [0, 0.05) is 17.5 Å². The van der Waals surface area contributed by atoms with Crippen molar-refractivity contribution in [3.63, 3.8) is 0 Å². The summed E-state index contributed by atoms with van der Waals surface area (Å²) in [7, 11) is -3.99. The van der Waals surface area contributed by atoms with Crippen LogP contribution < -0.4 is 0 Å². The highest BCUT2D eigenvalue weighted by molar-refractivity contribution is 7.90. The first-order valence-corrected chi connectivity index (χ1v) is 13.1. The predicted octanol–water partition coefficient (Wildman–Crippen LogP) is 5.88. The van der Waals surface area contributed by atoms with Crippen molar-refractivity contribution >= 4 is 54.5 Å². The number of thiazole rings is 1. The second-order valence-electron chi connectivity index (χ2n) is 8.06. The Morgan fingerprint density at radius 1 is 1.17 bits per heavy atom. The molecule has 0 spiro atoms. The van der Waals surface area contributed by atoms with Gasteiger partial charge in [0.25, 0.3) is 0 Å². The first-order valence-electron chi connectivity index (χ1n) is 10.6. The van der Waals surface area contributed by atoms with Crippen molar-refractivity contribution in [1.82, 2.24) is 8.96 Å².